The lowest BCUT2D eigenvalue weighted by atomic mass is 9.45. The first-order chi connectivity index (χ1) is 8.16. The SMILES string of the molecule is CC12CC3C[C@H](C1)C1(N=C1/C=C/C#N)[C@@H](C3)C2. The molecule has 4 aliphatic carbocycles. The van der Waals surface area contributed by atoms with Crippen molar-refractivity contribution in [2.24, 2.45) is 28.2 Å². The van der Waals surface area contributed by atoms with Crippen LogP contribution in [-0.2, 0) is 0 Å². The van der Waals surface area contributed by atoms with E-state index in [1.807, 2.05) is 6.08 Å². The fourth-order valence-electron chi connectivity index (χ4n) is 5.43. The molecular formula is C15H18N2. The summed E-state index contributed by atoms with van der Waals surface area (Å²) in [4.78, 5) is 4.83. The second-order valence-corrected chi connectivity index (χ2v) is 6.94. The molecule has 0 aromatic rings. The van der Waals surface area contributed by atoms with Gasteiger partial charge in [-0.15, -0.1) is 0 Å². The number of allylic oxidation sites excluding steroid dienone is 1. The summed E-state index contributed by atoms with van der Waals surface area (Å²) in [5.74, 6) is 2.55. The summed E-state index contributed by atoms with van der Waals surface area (Å²) >= 11 is 0. The van der Waals surface area contributed by atoms with Gasteiger partial charge < -0.3 is 0 Å². The van der Waals surface area contributed by atoms with Crippen molar-refractivity contribution in [3.8, 4) is 6.07 Å². The molecule has 0 N–H and O–H groups in total. The van der Waals surface area contributed by atoms with Gasteiger partial charge in [-0.05, 0) is 61.3 Å². The summed E-state index contributed by atoms with van der Waals surface area (Å²) in [6.07, 6.45) is 10.5. The van der Waals surface area contributed by atoms with Gasteiger partial charge in [-0.25, -0.2) is 0 Å². The molecule has 1 spiro atoms. The van der Waals surface area contributed by atoms with Crippen LogP contribution in [0.4, 0.5) is 0 Å². The summed E-state index contributed by atoms with van der Waals surface area (Å²) in [5.41, 5.74) is 2.05. The highest BCUT2D eigenvalue weighted by atomic mass is 15.1. The fraction of sp³-hybridized carbons (Fsp3) is 0.733. The Labute approximate surface area is 102 Å². The van der Waals surface area contributed by atoms with Crippen LogP contribution in [0.1, 0.15) is 39.0 Å². The maximum atomic E-state index is 8.63. The van der Waals surface area contributed by atoms with E-state index in [2.05, 4.69) is 13.0 Å². The van der Waals surface area contributed by atoms with E-state index in [0.717, 1.165) is 17.8 Å². The van der Waals surface area contributed by atoms with E-state index in [-0.39, 0.29) is 5.54 Å². The molecule has 1 heterocycles. The lowest BCUT2D eigenvalue weighted by molar-refractivity contribution is -0.0630. The van der Waals surface area contributed by atoms with Gasteiger partial charge in [0.05, 0.1) is 11.8 Å². The summed E-state index contributed by atoms with van der Waals surface area (Å²) in [5, 5.41) is 8.63. The molecule has 88 valence electrons. The number of nitriles is 1. The van der Waals surface area contributed by atoms with Crippen molar-refractivity contribution in [3.63, 3.8) is 0 Å². The molecule has 0 amide bonds. The monoisotopic (exact) mass is 226 g/mol. The first-order valence-corrected chi connectivity index (χ1v) is 6.83. The lowest BCUT2D eigenvalue weighted by Gasteiger charge is -2.59. The molecule has 5 aliphatic rings. The molecule has 4 saturated carbocycles. The highest BCUT2D eigenvalue weighted by Crippen LogP contribution is 2.68. The highest BCUT2D eigenvalue weighted by molar-refractivity contribution is 6.14. The zero-order valence-electron chi connectivity index (χ0n) is 10.3. The van der Waals surface area contributed by atoms with Gasteiger partial charge in [0.15, 0.2) is 0 Å². The molecule has 2 heteroatoms. The third-order valence-corrected chi connectivity index (χ3v) is 5.72. The third kappa shape index (κ3) is 1.13. The van der Waals surface area contributed by atoms with Gasteiger partial charge in [0.25, 0.3) is 0 Å². The van der Waals surface area contributed by atoms with Crippen LogP contribution in [-0.4, -0.2) is 11.3 Å². The molecule has 5 rings (SSSR count). The van der Waals surface area contributed by atoms with Gasteiger partial charge in [-0.2, -0.15) is 5.26 Å². The number of hydrogen-bond donors (Lipinski definition) is 0. The second-order valence-electron chi connectivity index (χ2n) is 6.94. The zero-order valence-corrected chi connectivity index (χ0v) is 10.3. The lowest BCUT2D eigenvalue weighted by Crippen LogP contribution is -2.56. The van der Waals surface area contributed by atoms with Crippen LogP contribution in [0.2, 0.25) is 0 Å². The van der Waals surface area contributed by atoms with Crippen molar-refractivity contribution in [1.82, 2.24) is 0 Å². The summed E-state index contributed by atoms with van der Waals surface area (Å²) < 4.78 is 0. The van der Waals surface area contributed by atoms with E-state index in [0.29, 0.717) is 5.41 Å². The molecule has 0 aromatic carbocycles. The summed E-state index contributed by atoms with van der Waals surface area (Å²) in [6.45, 7) is 2.48. The predicted molar refractivity (Wildman–Crippen MR) is 66.6 cm³/mol. The Bertz CT molecular complexity index is 464. The Hall–Kier alpha value is -1.10. The smallest absolute Gasteiger partial charge is 0.108 e. The Morgan fingerprint density at radius 2 is 2.00 bits per heavy atom. The Kier molecular flexibility index (Phi) is 1.64. The quantitative estimate of drug-likeness (QED) is 0.633. The number of hydrogen-bond acceptors (Lipinski definition) is 2. The van der Waals surface area contributed by atoms with Crippen molar-refractivity contribution in [2.45, 2.75) is 44.6 Å². The predicted octanol–water partition coefficient (Wildman–Crippen LogP) is 3.11. The standard InChI is InChI=1S/C15H18N2/c1-14-7-10-5-11(8-14)15(12(6-10)9-14)13(17-15)3-2-4-16/h2-3,10-12H,5-9H2,1H3/b3-2+/t10?,11-,12+,14?,15?. The molecule has 3 unspecified atom stereocenters. The van der Waals surface area contributed by atoms with Crippen LogP contribution in [0.15, 0.2) is 17.1 Å². The van der Waals surface area contributed by atoms with Gasteiger partial charge in [0, 0.05) is 6.08 Å². The second kappa shape index (κ2) is 2.83. The third-order valence-electron chi connectivity index (χ3n) is 5.72. The van der Waals surface area contributed by atoms with Crippen molar-refractivity contribution in [3.05, 3.63) is 12.2 Å². The molecule has 0 aromatic heterocycles. The Morgan fingerprint density at radius 3 is 2.59 bits per heavy atom. The van der Waals surface area contributed by atoms with Crippen molar-refractivity contribution in [1.29, 1.82) is 5.26 Å². The van der Waals surface area contributed by atoms with Gasteiger partial charge in [-0.3, -0.25) is 4.99 Å². The number of rotatable bonds is 1. The molecule has 1 aliphatic heterocycles. The van der Waals surface area contributed by atoms with Crippen molar-refractivity contribution in [2.75, 3.05) is 0 Å². The van der Waals surface area contributed by atoms with E-state index >= 15 is 0 Å². The van der Waals surface area contributed by atoms with Gasteiger partial charge in [0.1, 0.15) is 5.54 Å². The fourth-order valence-corrected chi connectivity index (χ4v) is 5.43. The Balaban J connectivity index is 1.65. The van der Waals surface area contributed by atoms with E-state index in [4.69, 9.17) is 10.3 Å². The van der Waals surface area contributed by atoms with Gasteiger partial charge in [0.2, 0.25) is 0 Å². The van der Waals surface area contributed by atoms with Crippen LogP contribution in [0.25, 0.3) is 0 Å². The molecule has 2 nitrogen and oxygen atoms in total. The maximum absolute atomic E-state index is 8.63. The van der Waals surface area contributed by atoms with E-state index in [1.54, 1.807) is 6.08 Å². The largest absolute Gasteiger partial charge is 0.274 e. The van der Waals surface area contributed by atoms with Crippen molar-refractivity contribution < 1.29 is 0 Å². The molecule has 4 fully saturated rings. The summed E-state index contributed by atoms with van der Waals surface area (Å²) in [7, 11) is 0. The minimum atomic E-state index is 0.198. The molecular weight excluding hydrogens is 208 g/mol. The average molecular weight is 226 g/mol. The Morgan fingerprint density at radius 1 is 1.29 bits per heavy atom. The average Bonchev–Trinajstić information content (AvgIpc) is 2.97. The van der Waals surface area contributed by atoms with Crippen LogP contribution >= 0.6 is 0 Å². The molecule has 17 heavy (non-hydrogen) atoms. The van der Waals surface area contributed by atoms with E-state index in [9.17, 15) is 0 Å². The minimum Gasteiger partial charge on any atom is -0.274 e. The van der Waals surface area contributed by atoms with Crippen LogP contribution in [0.3, 0.4) is 0 Å². The van der Waals surface area contributed by atoms with E-state index < -0.39 is 0 Å². The van der Waals surface area contributed by atoms with Gasteiger partial charge in [-0.1, -0.05) is 6.92 Å². The topological polar surface area (TPSA) is 36.1 Å². The highest BCUT2D eigenvalue weighted by Gasteiger charge is 2.67. The summed E-state index contributed by atoms with van der Waals surface area (Å²) in [6, 6.07) is 2.09. The first kappa shape index (κ1) is 9.88. The number of nitrogens with zero attached hydrogens (tertiary/aromatic N) is 2. The van der Waals surface area contributed by atoms with Crippen molar-refractivity contribution >= 4 is 5.71 Å². The van der Waals surface area contributed by atoms with Crippen LogP contribution in [0, 0.1) is 34.5 Å². The molecule has 0 radical (unpaired) electrons. The van der Waals surface area contributed by atoms with E-state index in [1.165, 1.54) is 37.8 Å². The molecule has 5 atom stereocenters. The minimum absolute atomic E-state index is 0.198. The normalized spacial score (nSPS) is 54.1. The maximum Gasteiger partial charge on any atom is 0.108 e. The van der Waals surface area contributed by atoms with Gasteiger partial charge >= 0.3 is 0 Å². The zero-order chi connectivity index (χ0) is 11.7. The van der Waals surface area contributed by atoms with Crippen LogP contribution in [0.5, 0.6) is 0 Å². The van der Waals surface area contributed by atoms with Crippen LogP contribution < -0.4 is 0 Å². The molecule has 0 saturated heterocycles. The first-order valence-electron chi connectivity index (χ1n) is 6.83. The molecule has 4 bridgehead atoms. The number of aliphatic imine (C=N–C) groups is 1.